The van der Waals surface area contributed by atoms with E-state index in [2.05, 4.69) is 4.98 Å². The van der Waals surface area contributed by atoms with Crippen LogP contribution in [0.15, 0.2) is 59.7 Å². The Hall–Kier alpha value is -3.40. The zero-order valence-electron chi connectivity index (χ0n) is 19.5. The van der Waals surface area contributed by atoms with E-state index in [9.17, 15) is 9.59 Å². The molecule has 2 heterocycles. The fourth-order valence-corrected chi connectivity index (χ4v) is 5.07. The van der Waals surface area contributed by atoms with E-state index >= 15 is 0 Å². The lowest BCUT2D eigenvalue weighted by atomic mass is 10.2. The van der Waals surface area contributed by atoms with Crippen LogP contribution in [0.25, 0.3) is 26.3 Å². The van der Waals surface area contributed by atoms with Crippen molar-refractivity contribution in [3.8, 4) is 27.6 Å². The van der Waals surface area contributed by atoms with Crippen LogP contribution in [0.1, 0.15) is 12.8 Å². The van der Waals surface area contributed by atoms with E-state index in [1.807, 2.05) is 30.3 Å². The van der Waals surface area contributed by atoms with Crippen molar-refractivity contribution in [2.24, 2.45) is 11.7 Å². The van der Waals surface area contributed by atoms with Crippen LogP contribution >= 0.6 is 22.9 Å². The number of halogens is 1. The van der Waals surface area contributed by atoms with Gasteiger partial charge in [0.25, 0.3) is 5.56 Å². The minimum atomic E-state index is -0.451. The van der Waals surface area contributed by atoms with Crippen LogP contribution in [-0.4, -0.2) is 41.9 Å². The van der Waals surface area contributed by atoms with Gasteiger partial charge in [-0.1, -0.05) is 23.7 Å². The zero-order valence-corrected chi connectivity index (χ0v) is 21.1. The van der Waals surface area contributed by atoms with Gasteiger partial charge in [0.1, 0.15) is 23.7 Å². The lowest BCUT2D eigenvalue weighted by molar-refractivity contribution is -0.150. The van der Waals surface area contributed by atoms with Crippen LogP contribution in [0.3, 0.4) is 0 Å². The topological polar surface area (TPSA) is 106 Å². The van der Waals surface area contributed by atoms with Gasteiger partial charge in [0.05, 0.1) is 24.9 Å². The van der Waals surface area contributed by atoms with Gasteiger partial charge in [-0.15, -0.1) is 11.3 Å². The van der Waals surface area contributed by atoms with Gasteiger partial charge in [-0.3, -0.25) is 14.2 Å². The first-order valence-corrected chi connectivity index (χ1v) is 12.6. The number of aromatic nitrogens is 2. The summed E-state index contributed by atoms with van der Waals surface area (Å²) in [6.07, 6.45) is 3.13. The summed E-state index contributed by atoms with van der Waals surface area (Å²) in [4.78, 5) is 30.4. The summed E-state index contributed by atoms with van der Waals surface area (Å²) in [5, 5.41) is 0.654. The predicted octanol–water partition coefficient (Wildman–Crippen LogP) is 4.44. The summed E-state index contributed by atoms with van der Waals surface area (Å²) in [5.74, 6) is 0.768. The lowest BCUT2D eigenvalue weighted by Crippen LogP contribution is -2.30. The van der Waals surface area contributed by atoms with Crippen LogP contribution < -0.4 is 20.8 Å². The van der Waals surface area contributed by atoms with E-state index < -0.39 is 5.97 Å². The van der Waals surface area contributed by atoms with Gasteiger partial charge in [-0.05, 0) is 54.7 Å². The van der Waals surface area contributed by atoms with Crippen LogP contribution in [0, 0.1) is 5.92 Å². The van der Waals surface area contributed by atoms with Crippen molar-refractivity contribution >= 4 is 39.1 Å². The molecule has 4 aromatic rings. The summed E-state index contributed by atoms with van der Waals surface area (Å²) in [7, 11) is 1.53. The lowest BCUT2D eigenvalue weighted by Gasteiger charge is -2.19. The monoisotopic (exact) mass is 525 g/mol. The molecule has 5 rings (SSSR count). The first-order valence-electron chi connectivity index (χ1n) is 11.4. The van der Waals surface area contributed by atoms with E-state index in [-0.39, 0.29) is 30.7 Å². The highest BCUT2D eigenvalue weighted by Crippen LogP contribution is 2.36. The summed E-state index contributed by atoms with van der Waals surface area (Å²) in [5.41, 5.74) is 7.40. The van der Waals surface area contributed by atoms with E-state index in [1.54, 1.807) is 18.2 Å². The number of carbonyl (C=O) groups is 1. The number of ether oxygens (including phenoxy) is 3. The fraction of sp³-hybridized carbons (Fsp3) is 0.269. The molecule has 0 radical (unpaired) electrons. The molecule has 1 aliphatic rings. The van der Waals surface area contributed by atoms with Crippen LogP contribution in [0.4, 0.5) is 0 Å². The van der Waals surface area contributed by atoms with Crippen LogP contribution in [-0.2, 0) is 9.53 Å². The molecule has 1 aliphatic carbocycles. The Morgan fingerprint density at radius 1 is 1.19 bits per heavy atom. The highest BCUT2D eigenvalue weighted by Gasteiger charge is 2.34. The van der Waals surface area contributed by atoms with Crippen molar-refractivity contribution < 1.29 is 19.0 Å². The van der Waals surface area contributed by atoms with Crippen molar-refractivity contribution in [1.29, 1.82) is 0 Å². The molecular weight excluding hydrogens is 502 g/mol. The smallest absolute Gasteiger partial charge is 0.320 e. The second-order valence-corrected chi connectivity index (χ2v) is 9.96. The standard InChI is InChI=1S/C26H24ClN3O5S/c1-33-21-10-18(8-9-20(21)34-13-22(15-2-3-15)35-24(31)12-28)30-14-29-19-11-23(36-25(19)26(30)32)16-4-6-17(27)7-5-16/h4-11,14-15,22H,2-3,12-13,28H2,1H3. The van der Waals surface area contributed by atoms with Gasteiger partial charge in [0.2, 0.25) is 0 Å². The molecule has 2 aromatic carbocycles. The minimum Gasteiger partial charge on any atom is -0.493 e. The zero-order chi connectivity index (χ0) is 25.2. The number of thiophene rings is 1. The number of esters is 1. The Morgan fingerprint density at radius 2 is 1.97 bits per heavy atom. The van der Waals surface area contributed by atoms with Crippen molar-refractivity contribution in [1.82, 2.24) is 9.55 Å². The number of methoxy groups -OCH3 is 1. The number of nitrogens with two attached hydrogens (primary N) is 1. The van der Waals surface area contributed by atoms with Gasteiger partial charge in [-0.25, -0.2) is 4.98 Å². The molecule has 1 unspecified atom stereocenters. The maximum atomic E-state index is 13.3. The highest BCUT2D eigenvalue weighted by molar-refractivity contribution is 7.22. The van der Waals surface area contributed by atoms with Gasteiger partial charge >= 0.3 is 5.97 Å². The molecule has 2 aromatic heterocycles. The first-order chi connectivity index (χ1) is 17.5. The average Bonchev–Trinajstić information content (AvgIpc) is 3.65. The van der Waals surface area contributed by atoms with Crippen molar-refractivity contribution in [3.05, 3.63) is 70.2 Å². The highest BCUT2D eigenvalue weighted by atomic mass is 35.5. The summed E-state index contributed by atoms with van der Waals surface area (Å²) < 4.78 is 18.9. The Labute approximate surface area is 216 Å². The van der Waals surface area contributed by atoms with Crippen LogP contribution in [0.5, 0.6) is 11.5 Å². The normalized spacial score (nSPS) is 14.0. The second-order valence-electron chi connectivity index (χ2n) is 8.47. The molecule has 10 heteroatoms. The number of hydrogen-bond donors (Lipinski definition) is 1. The van der Waals surface area contributed by atoms with E-state index in [0.29, 0.717) is 32.4 Å². The molecule has 1 atom stereocenters. The SMILES string of the molecule is COc1cc(-n2cnc3cc(-c4ccc(Cl)cc4)sc3c2=O)ccc1OCC(OC(=O)CN)C1CC1. The minimum absolute atomic E-state index is 0.167. The van der Waals surface area contributed by atoms with Gasteiger partial charge in [-0.2, -0.15) is 0 Å². The maximum Gasteiger partial charge on any atom is 0.320 e. The molecule has 0 saturated heterocycles. The fourth-order valence-electron chi connectivity index (χ4n) is 3.90. The number of carbonyl (C=O) groups excluding carboxylic acids is 1. The second kappa shape index (κ2) is 10.3. The Bertz CT molecular complexity index is 1460. The summed E-state index contributed by atoms with van der Waals surface area (Å²) in [6, 6.07) is 14.6. The number of fused-ring (bicyclic) bond motifs is 1. The Morgan fingerprint density at radius 3 is 2.67 bits per heavy atom. The Kier molecular flexibility index (Phi) is 6.95. The summed E-state index contributed by atoms with van der Waals surface area (Å²) >= 11 is 7.39. The van der Waals surface area contributed by atoms with E-state index in [4.69, 9.17) is 31.5 Å². The van der Waals surface area contributed by atoms with Crippen molar-refractivity contribution in [3.63, 3.8) is 0 Å². The third-order valence-corrected chi connectivity index (χ3v) is 7.41. The first kappa shape index (κ1) is 24.3. The molecule has 0 aliphatic heterocycles. The molecule has 8 nitrogen and oxygen atoms in total. The van der Waals surface area contributed by atoms with E-state index in [1.165, 1.54) is 29.3 Å². The van der Waals surface area contributed by atoms with Gasteiger partial charge < -0.3 is 19.9 Å². The predicted molar refractivity (Wildman–Crippen MR) is 139 cm³/mol. The molecule has 1 fully saturated rings. The van der Waals surface area contributed by atoms with Crippen LogP contribution in [0.2, 0.25) is 5.02 Å². The average molecular weight is 526 g/mol. The molecule has 1 saturated carbocycles. The number of rotatable bonds is 9. The molecule has 0 bridgehead atoms. The largest absolute Gasteiger partial charge is 0.493 e. The summed E-state index contributed by atoms with van der Waals surface area (Å²) in [6.45, 7) is 0.0298. The maximum absolute atomic E-state index is 13.3. The molecular formula is C26H24ClN3O5S. The van der Waals surface area contributed by atoms with E-state index in [0.717, 1.165) is 23.3 Å². The molecule has 0 spiro atoms. The van der Waals surface area contributed by atoms with Gasteiger partial charge in [0.15, 0.2) is 11.5 Å². The molecule has 0 amide bonds. The number of hydrogen-bond acceptors (Lipinski definition) is 8. The quantitative estimate of drug-likeness (QED) is 0.322. The third kappa shape index (κ3) is 5.09. The number of nitrogens with zero attached hydrogens (tertiary/aromatic N) is 2. The number of benzene rings is 2. The van der Waals surface area contributed by atoms with Gasteiger partial charge in [0, 0.05) is 16.0 Å². The third-order valence-electron chi connectivity index (χ3n) is 5.99. The van der Waals surface area contributed by atoms with Crippen molar-refractivity contribution in [2.75, 3.05) is 20.3 Å². The Balaban J connectivity index is 1.40. The van der Waals surface area contributed by atoms with Crippen molar-refractivity contribution in [2.45, 2.75) is 18.9 Å². The molecule has 36 heavy (non-hydrogen) atoms. The molecule has 2 N–H and O–H groups in total. The molecule has 186 valence electrons.